The van der Waals surface area contributed by atoms with Crippen molar-refractivity contribution < 1.29 is 4.79 Å². The van der Waals surface area contributed by atoms with Crippen molar-refractivity contribution in [3.05, 3.63) is 34.9 Å². The lowest BCUT2D eigenvalue weighted by Crippen LogP contribution is -2.51. The lowest BCUT2D eigenvalue weighted by atomic mass is 9.90. The average Bonchev–Trinajstić information content (AvgIpc) is 2.45. The molecular formula is C16H21ClN2OS. The second-order valence-corrected chi connectivity index (χ2v) is 7.30. The Morgan fingerprint density at radius 1 is 1.38 bits per heavy atom. The van der Waals surface area contributed by atoms with E-state index in [1.165, 1.54) is 0 Å². The van der Waals surface area contributed by atoms with Crippen molar-refractivity contribution in [2.24, 2.45) is 5.92 Å². The second-order valence-electron chi connectivity index (χ2n) is 5.54. The molecule has 2 atom stereocenters. The fourth-order valence-electron chi connectivity index (χ4n) is 1.54. The molecule has 0 fully saturated rings. The molecule has 5 heteroatoms. The molecule has 1 aromatic rings. The van der Waals surface area contributed by atoms with Gasteiger partial charge in [0.25, 0.3) is 0 Å². The van der Waals surface area contributed by atoms with Gasteiger partial charge in [-0.25, -0.2) is 0 Å². The van der Waals surface area contributed by atoms with Gasteiger partial charge >= 0.3 is 0 Å². The smallest absolute Gasteiger partial charge is 0.234 e. The Bertz CT molecular complexity index is 524. The average molecular weight is 325 g/mol. The zero-order valence-corrected chi connectivity index (χ0v) is 14.4. The maximum absolute atomic E-state index is 12.2. The van der Waals surface area contributed by atoms with Gasteiger partial charge in [0.05, 0.1) is 11.3 Å². The first-order valence-corrected chi connectivity index (χ1v) is 8.30. The molecule has 0 aliphatic rings. The van der Waals surface area contributed by atoms with Gasteiger partial charge in [-0.15, -0.1) is 11.8 Å². The first kappa shape index (κ1) is 17.9. The number of hydrogen-bond acceptors (Lipinski definition) is 3. The summed E-state index contributed by atoms with van der Waals surface area (Å²) < 4.78 is 0. The number of carbonyl (C=O) groups excluding carboxylic acids is 1. The van der Waals surface area contributed by atoms with Crippen molar-refractivity contribution in [2.75, 3.05) is 0 Å². The second kappa shape index (κ2) is 7.72. The van der Waals surface area contributed by atoms with Gasteiger partial charge in [0, 0.05) is 10.8 Å². The number of carbonyl (C=O) groups is 1. The van der Waals surface area contributed by atoms with Gasteiger partial charge in [0.15, 0.2) is 0 Å². The first-order valence-electron chi connectivity index (χ1n) is 6.88. The summed E-state index contributed by atoms with van der Waals surface area (Å²) in [6.45, 7) is 7.46. The van der Waals surface area contributed by atoms with E-state index in [2.05, 4.69) is 11.4 Å². The largest absolute Gasteiger partial charge is 0.337 e. The van der Waals surface area contributed by atoms with Gasteiger partial charge < -0.3 is 5.32 Å². The highest BCUT2D eigenvalue weighted by Crippen LogP contribution is 2.21. The van der Waals surface area contributed by atoms with Gasteiger partial charge in [0.2, 0.25) is 5.91 Å². The topological polar surface area (TPSA) is 52.9 Å². The van der Waals surface area contributed by atoms with Crippen molar-refractivity contribution >= 4 is 29.3 Å². The van der Waals surface area contributed by atoms with Crippen molar-refractivity contribution in [1.82, 2.24) is 5.32 Å². The highest BCUT2D eigenvalue weighted by molar-refractivity contribution is 7.99. The number of halogens is 1. The van der Waals surface area contributed by atoms with E-state index in [9.17, 15) is 10.1 Å². The van der Waals surface area contributed by atoms with Crippen LogP contribution in [0.15, 0.2) is 24.3 Å². The van der Waals surface area contributed by atoms with Crippen LogP contribution >= 0.6 is 23.4 Å². The molecule has 0 heterocycles. The number of nitriles is 1. The third kappa shape index (κ3) is 5.26. The van der Waals surface area contributed by atoms with Crippen molar-refractivity contribution in [1.29, 1.82) is 5.26 Å². The van der Waals surface area contributed by atoms with E-state index in [0.29, 0.717) is 5.02 Å². The number of rotatable bonds is 6. The van der Waals surface area contributed by atoms with Crippen LogP contribution in [-0.4, -0.2) is 16.7 Å². The Balaban J connectivity index is 2.55. The molecule has 21 heavy (non-hydrogen) atoms. The molecule has 0 aliphatic carbocycles. The van der Waals surface area contributed by atoms with Gasteiger partial charge in [-0.05, 0) is 37.5 Å². The van der Waals surface area contributed by atoms with E-state index in [0.717, 1.165) is 11.3 Å². The number of hydrogen-bond donors (Lipinski definition) is 1. The molecule has 0 saturated carbocycles. The summed E-state index contributed by atoms with van der Waals surface area (Å²) in [5.74, 6) is 0.683. The minimum atomic E-state index is -0.827. The van der Waals surface area contributed by atoms with Crippen LogP contribution in [0.4, 0.5) is 0 Å². The first-order chi connectivity index (χ1) is 9.78. The van der Waals surface area contributed by atoms with E-state index in [1.807, 2.05) is 45.0 Å². The monoisotopic (exact) mass is 324 g/mol. The van der Waals surface area contributed by atoms with Crippen molar-refractivity contribution in [3.8, 4) is 6.07 Å². The van der Waals surface area contributed by atoms with E-state index in [-0.39, 0.29) is 17.1 Å². The molecule has 3 nitrogen and oxygen atoms in total. The molecule has 1 rings (SSSR count). The lowest BCUT2D eigenvalue weighted by Gasteiger charge is -2.28. The number of nitrogens with one attached hydrogen (secondary N) is 1. The Morgan fingerprint density at radius 3 is 2.43 bits per heavy atom. The van der Waals surface area contributed by atoms with Gasteiger partial charge in [0.1, 0.15) is 5.54 Å². The third-order valence-electron chi connectivity index (χ3n) is 3.55. The molecule has 114 valence electrons. The van der Waals surface area contributed by atoms with Crippen LogP contribution in [0, 0.1) is 17.2 Å². The molecule has 0 unspecified atom stereocenters. The maximum atomic E-state index is 12.2. The molecule has 0 radical (unpaired) electrons. The fourth-order valence-corrected chi connectivity index (χ4v) is 2.51. The number of nitrogens with zero attached hydrogens (tertiary/aromatic N) is 1. The van der Waals surface area contributed by atoms with Gasteiger partial charge in [-0.1, -0.05) is 37.6 Å². The number of benzene rings is 1. The highest BCUT2D eigenvalue weighted by atomic mass is 35.5. The Kier molecular flexibility index (Phi) is 6.57. The minimum absolute atomic E-state index is 0.0555. The summed E-state index contributed by atoms with van der Waals surface area (Å²) >= 11 is 7.38. The van der Waals surface area contributed by atoms with Crippen LogP contribution in [0.2, 0.25) is 5.02 Å². The van der Waals surface area contributed by atoms with Gasteiger partial charge in [-0.2, -0.15) is 5.26 Å². The highest BCUT2D eigenvalue weighted by Gasteiger charge is 2.31. The van der Waals surface area contributed by atoms with Crippen molar-refractivity contribution in [2.45, 2.75) is 44.2 Å². The molecule has 1 N–H and O–H groups in total. The zero-order chi connectivity index (χ0) is 16.0. The standard InChI is InChI=1S/C16H21ClN2OS/c1-11(2)16(4,10-18)19-15(20)12(3)21-9-13-5-7-14(17)8-6-13/h5-8,11-12H,9H2,1-4H3,(H,19,20)/t12-,16+/m0/s1. The number of thioether (sulfide) groups is 1. The maximum Gasteiger partial charge on any atom is 0.234 e. The zero-order valence-electron chi connectivity index (χ0n) is 12.8. The summed E-state index contributed by atoms with van der Waals surface area (Å²) in [6.07, 6.45) is 0. The van der Waals surface area contributed by atoms with Crippen LogP contribution in [-0.2, 0) is 10.5 Å². The number of amides is 1. The molecular weight excluding hydrogens is 304 g/mol. The molecule has 0 bridgehead atoms. The Labute approximate surface area is 136 Å². The fraction of sp³-hybridized carbons (Fsp3) is 0.500. The Morgan fingerprint density at radius 2 is 1.95 bits per heavy atom. The molecule has 0 aliphatic heterocycles. The quantitative estimate of drug-likeness (QED) is 0.860. The third-order valence-corrected chi connectivity index (χ3v) is 5.02. The van der Waals surface area contributed by atoms with Crippen LogP contribution in [0.25, 0.3) is 0 Å². The normalized spacial score (nSPS) is 15.1. The van der Waals surface area contributed by atoms with Gasteiger partial charge in [-0.3, -0.25) is 4.79 Å². The Hall–Kier alpha value is -1.18. The molecule has 0 aromatic heterocycles. The van der Waals surface area contributed by atoms with E-state index in [1.54, 1.807) is 18.7 Å². The van der Waals surface area contributed by atoms with E-state index < -0.39 is 5.54 Å². The summed E-state index contributed by atoms with van der Waals surface area (Å²) in [7, 11) is 0. The summed E-state index contributed by atoms with van der Waals surface area (Å²) in [5, 5.41) is 12.6. The SMILES string of the molecule is CC(C)[C@@](C)(C#N)NC(=O)[C@H](C)SCc1ccc(Cl)cc1. The molecule has 1 aromatic carbocycles. The predicted molar refractivity (Wildman–Crippen MR) is 89.2 cm³/mol. The van der Waals surface area contributed by atoms with Crippen LogP contribution in [0.5, 0.6) is 0 Å². The summed E-state index contributed by atoms with van der Waals surface area (Å²) in [5.41, 5.74) is 0.294. The lowest BCUT2D eigenvalue weighted by molar-refractivity contribution is -0.121. The predicted octanol–water partition coefficient (Wildman–Crippen LogP) is 4.02. The minimum Gasteiger partial charge on any atom is -0.337 e. The van der Waals surface area contributed by atoms with E-state index in [4.69, 9.17) is 11.6 Å². The van der Waals surface area contributed by atoms with E-state index >= 15 is 0 Å². The molecule has 0 spiro atoms. The summed E-state index contributed by atoms with van der Waals surface area (Å²) in [4.78, 5) is 12.2. The van der Waals surface area contributed by atoms with Crippen molar-refractivity contribution in [3.63, 3.8) is 0 Å². The summed E-state index contributed by atoms with van der Waals surface area (Å²) in [6, 6.07) is 9.77. The van der Waals surface area contributed by atoms with Crippen LogP contribution in [0.1, 0.15) is 33.3 Å². The molecule has 1 amide bonds. The molecule has 0 saturated heterocycles. The van der Waals surface area contributed by atoms with Crippen LogP contribution < -0.4 is 5.32 Å². The van der Waals surface area contributed by atoms with Crippen LogP contribution in [0.3, 0.4) is 0 Å².